The Kier molecular flexibility index (Phi) is 8.69. The third kappa shape index (κ3) is 4.99. The van der Waals surface area contributed by atoms with Crippen molar-refractivity contribution in [3.05, 3.63) is 60.7 Å². The Labute approximate surface area is 186 Å². The highest BCUT2D eigenvalue weighted by atomic mass is 28.4. The molecule has 30 heavy (non-hydrogen) atoms. The number of hydrogen-bond acceptors (Lipinski definition) is 2. The Morgan fingerprint density at radius 3 is 1.53 bits per heavy atom. The van der Waals surface area contributed by atoms with E-state index in [9.17, 15) is 5.11 Å². The maximum absolute atomic E-state index is 11.3. The summed E-state index contributed by atoms with van der Waals surface area (Å²) in [5.41, 5.74) is -0.217. The fourth-order valence-electron chi connectivity index (χ4n) is 5.06. The van der Waals surface area contributed by atoms with Gasteiger partial charge in [-0.15, -0.1) is 0 Å². The third-order valence-electron chi connectivity index (χ3n) is 7.17. The predicted molar refractivity (Wildman–Crippen MR) is 136 cm³/mol. The summed E-state index contributed by atoms with van der Waals surface area (Å²) < 4.78 is 7.18. The van der Waals surface area contributed by atoms with E-state index in [1.807, 2.05) is 0 Å². The first-order valence-electron chi connectivity index (χ1n) is 11.6. The van der Waals surface area contributed by atoms with Crippen LogP contribution in [0.5, 0.6) is 0 Å². The third-order valence-corrected chi connectivity index (χ3v) is 18.2. The number of benzene rings is 2. The van der Waals surface area contributed by atoms with Gasteiger partial charge in [0, 0.05) is 11.8 Å². The van der Waals surface area contributed by atoms with Crippen LogP contribution in [0.2, 0.25) is 23.2 Å². The molecule has 0 amide bonds. The van der Waals surface area contributed by atoms with Crippen LogP contribution in [0, 0.1) is 0 Å². The molecule has 0 aliphatic rings. The monoisotopic (exact) mass is 442 g/mol. The molecule has 0 fully saturated rings. The molecule has 2 aromatic rings. The SMILES string of the molecule is CC[Si](CC)(CC)[C@@H](O)C[C@@H](C)O[Si](c1ccccc1)(c1ccccc1)C(C)(C)C. The number of hydrogen-bond donors (Lipinski definition) is 1. The van der Waals surface area contributed by atoms with E-state index >= 15 is 0 Å². The van der Waals surface area contributed by atoms with Crippen LogP contribution in [-0.4, -0.2) is 33.3 Å². The zero-order valence-electron chi connectivity index (χ0n) is 20.1. The van der Waals surface area contributed by atoms with Gasteiger partial charge in [0.1, 0.15) is 0 Å². The van der Waals surface area contributed by atoms with Crippen molar-refractivity contribution in [3.8, 4) is 0 Å². The molecular weight excluding hydrogens is 400 g/mol. The fourth-order valence-corrected chi connectivity index (χ4v) is 13.5. The maximum atomic E-state index is 11.3. The molecule has 0 heterocycles. The zero-order valence-corrected chi connectivity index (χ0v) is 22.1. The number of aliphatic hydroxyl groups is 1. The lowest BCUT2D eigenvalue weighted by molar-refractivity contribution is 0.134. The quantitative estimate of drug-likeness (QED) is 0.475. The van der Waals surface area contributed by atoms with Crippen LogP contribution < -0.4 is 10.4 Å². The highest BCUT2D eigenvalue weighted by molar-refractivity contribution is 6.99. The van der Waals surface area contributed by atoms with Crippen molar-refractivity contribution in [3.63, 3.8) is 0 Å². The largest absolute Gasteiger partial charge is 0.405 e. The standard InChI is InChI=1S/C26H42O2Si2/c1-8-29(9-2,10-3)25(27)21-22(4)28-30(26(5,6)7,23-17-13-11-14-18-23)24-19-15-12-16-20-24/h11-20,22,25,27H,8-10,21H2,1-7H3/t22-,25-/m1/s1. The summed E-state index contributed by atoms with van der Waals surface area (Å²) in [6, 6.07) is 25.0. The van der Waals surface area contributed by atoms with Crippen LogP contribution in [-0.2, 0) is 4.43 Å². The maximum Gasteiger partial charge on any atom is 0.261 e. The summed E-state index contributed by atoms with van der Waals surface area (Å²) in [6.45, 7) is 15.9. The van der Waals surface area contributed by atoms with E-state index in [0.29, 0.717) is 0 Å². The van der Waals surface area contributed by atoms with Crippen molar-refractivity contribution < 1.29 is 9.53 Å². The van der Waals surface area contributed by atoms with Crippen LogP contribution >= 0.6 is 0 Å². The minimum atomic E-state index is -2.56. The van der Waals surface area contributed by atoms with Gasteiger partial charge >= 0.3 is 0 Å². The molecule has 0 bridgehead atoms. The smallest absolute Gasteiger partial charge is 0.261 e. The molecule has 0 aromatic heterocycles. The Morgan fingerprint density at radius 2 is 1.20 bits per heavy atom. The molecule has 0 radical (unpaired) electrons. The summed E-state index contributed by atoms with van der Waals surface area (Å²) >= 11 is 0. The molecule has 0 aliphatic carbocycles. The molecule has 166 valence electrons. The van der Waals surface area contributed by atoms with Crippen LogP contribution in [0.1, 0.15) is 54.9 Å². The second-order valence-corrected chi connectivity index (χ2v) is 19.5. The average Bonchev–Trinajstić information content (AvgIpc) is 2.74. The molecular formula is C26H42O2Si2. The van der Waals surface area contributed by atoms with Crippen molar-refractivity contribution in [1.29, 1.82) is 0 Å². The van der Waals surface area contributed by atoms with Gasteiger partial charge in [-0.2, -0.15) is 0 Å². The van der Waals surface area contributed by atoms with Crippen molar-refractivity contribution in [2.75, 3.05) is 0 Å². The normalized spacial score (nSPS) is 15.1. The molecule has 0 saturated heterocycles. The molecule has 1 N–H and O–H groups in total. The second-order valence-electron chi connectivity index (χ2n) is 9.77. The zero-order chi connectivity index (χ0) is 22.4. The van der Waals surface area contributed by atoms with Gasteiger partial charge in [0.05, 0.1) is 8.07 Å². The molecule has 0 aliphatic heterocycles. The van der Waals surface area contributed by atoms with E-state index in [0.717, 1.165) is 24.6 Å². The summed E-state index contributed by atoms with van der Waals surface area (Å²) in [4.78, 5) is 0. The molecule has 4 heteroatoms. The van der Waals surface area contributed by atoms with Gasteiger partial charge in [-0.3, -0.25) is 0 Å². The van der Waals surface area contributed by atoms with Crippen molar-refractivity contribution >= 4 is 26.8 Å². The Balaban J connectivity index is 2.48. The Hall–Kier alpha value is -1.21. The van der Waals surface area contributed by atoms with Gasteiger partial charge in [0.25, 0.3) is 8.32 Å². The van der Waals surface area contributed by atoms with Gasteiger partial charge in [0.2, 0.25) is 0 Å². The fraction of sp³-hybridized carbons (Fsp3) is 0.538. The predicted octanol–water partition coefficient (Wildman–Crippen LogP) is 5.75. The van der Waals surface area contributed by atoms with Crippen LogP contribution in [0.4, 0.5) is 0 Å². The molecule has 2 aromatic carbocycles. The first-order chi connectivity index (χ1) is 14.2. The minimum Gasteiger partial charge on any atom is -0.405 e. The van der Waals surface area contributed by atoms with Crippen LogP contribution in [0.15, 0.2) is 60.7 Å². The van der Waals surface area contributed by atoms with Gasteiger partial charge in [-0.1, -0.05) is 120 Å². The molecule has 0 saturated carbocycles. The molecule has 0 spiro atoms. The van der Waals surface area contributed by atoms with Gasteiger partial charge in [-0.05, 0) is 28.8 Å². The summed E-state index contributed by atoms with van der Waals surface area (Å²) in [6.07, 6.45) is 0.731. The van der Waals surface area contributed by atoms with Gasteiger partial charge in [-0.25, -0.2) is 0 Å². The molecule has 2 nitrogen and oxygen atoms in total. The lowest BCUT2D eigenvalue weighted by Crippen LogP contribution is -2.67. The van der Waals surface area contributed by atoms with E-state index < -0.39 is 16.4 Å². The van der Waals surface area contributed by atoms with E-state index in [2.05, 4.69) is 109 Å². The lowest BCUT2D eigenvalue weighted by atomic mass is 10.2. The second kappa shape index (κ2) is 10.4. The average molecular weight is 443 g/mol. The lowest BCUT2D eigenvalue weighted by Gasteiger charge is -2.45. The topological polar surface area (TPSA) is 29.5 Å². The van der Waals surface area contributed by atoms with E-state index in [1.165, 1.54) is 10.4 Å². The Morgan fingerprint density at radius 1 is 0.800 bits per heavy atom. The van der Waals surface area contributed by atoms with Gasteiger partial charge in [0.15, 0.2) is 0 Å². The summed E-state index contributed by atoms with van der Waals surface area (Å²) in [7, 11) is -4.24. The molecule has 2 rings (SSSR count). The van der Waals surface area contributed by atoms with Crippen molar-refractivity contribution in [1.82, 2.24) is 0 Å². The summed E-state index contributed by atoms with van der Waals surface area (Å²) in [5.74, 6) is 0. The number of rotatable bonds is 10. The van der Waals surface area contributed by atoms with Crippen LogP contribution in [0.25, 0.3) is 0 Å². The molecule has 0 unspecified atom stereocenters. The highest BCUT2D eigenvalue weighted by Crippen LogP contribution is 2.38. The summed E-state index contributed by atoms with van der Waals surface area (Å²) in [5, 5.41) is 13.8. The van der Waals surface area contributed by atoms with Crippen molar-refractivity contribution in [2.45, 2.75) is 89.9 Å². The Bertz CT molecular complexity index is 704. The van der Waals surface area contributed by atoms with E-state index in [4.69, 9.17) is 4.43 Å². The van der Waals surface area contributed by atoms with Crippen molar-refractivity contribution in [2.24, 2.45) is 0 Å². The first-order valence-corrected chi connectivity index (χ1v) is 16.2. The highest BCUT2D eigenvalue weighted by Gasteiger charge is 2.51. The molecule has 2 atom stereocenters. The minimum absolute atomic E-state index is 0.00262. The van der Waals surface area contributed by atoms with E-state index in [1.54, 1.807) is 0 Å². The van der Waals surface area contributed by atoms with Crippen LogP contribution in [0.3, 0.4) is 0 Å². The van der Waals surface area contributed by atoms with Gasteiger partial charge < -0.3 is 9.53 Å². The van der Waals surface area contributed by atoms with E-state index in [-0.39, 0.29) is 16.9 Å². The first kappa shape index (κ1) is 25.1. The number of aliphatic hydroxyl groups excluding tert-OH is 1.